The lowest BCUT2D eigenvalue weighted by atomic mass is 9.78. The van der Waals surface area contributed by atoms with Gasteiger partial charge in [0, 0.05) is 12.6 Å². The zero-order valence-electron chi connectivity index (χ0n) is 17.3. The van der Waals surface area contributed by atoms with E-state index >= 15 is 0 Å². The molecule has 1 aliphatic heterocycles. The summed E-state index contributed by atoms with van der Waals surface area (Å²) < 4.78 is 10.7. The summed E-state index contributed by atoms with van der Waals surface area (Å²) in [7, 11) is 0. The molecule has 0 saturated heterocycles. The van der Waals surface area contributed by atoms with Crippen molar-refractivity contribution in [1.82, 2.24) is 5.32 Å². The third-order valence-electron chi connectivity index (χ3n) is 6.03. The van der Waals surface area contributed by atoms with Gasteiger partial charge >= 0.3 is 5.97 Å². The number of fused-ring (bicyclic) bond motifs is 1. The number of carbonyl (C=O) groups excluding carboxylic acids is 3. The van der Waals surface area contributed by atoms with Gasteiger partial charge in [0.25, 0.3) is 11.8 Å². The molecule has 3 rings (SSSR count). The van der Waals surface area contributed by atoms with Crippen molar-refractivity contribution >= 4 is 23.5 Å². The maximum Gasteiger partial charge on any atom is 0.308 e. The van der Waals surface area contributed by atoms with Crippen LogP contribution in [0.2, 0.25) is 0 Å². The minimum Gasteiger partial charge on any atom is -0.479 e. The van der Waals surface area contributed by atoms with Gasteiger partial charge in [-0.1, -0.05) is 38.8 Å². The van der Waals surface area contributed by atoms with Crippen LogP contribution in [0.5, 0.6) is 5.75 Å². The van der Waals surface area contributed by atoms with Crippen molar-refractivity contribution < 1.29 is 23.9 Å². The molecule has 1 heterocycles. The smallest absolute Gasteiger partial charge is 0.308 e. The fraction of sp³-hybridized carbons (Fsp3) is 0.591. The number of nitrogens with one attached hydrogen (secondary N) is 1. The fourth-order valence-electron chi connectivity index (χ4n) is 4.04. The zero-order chi connectivity index (χ0) is 21.0. The summed E-state index contributed by atoms with van der Waals surface area (Å²) in [4.78, 5) is 38.3. The third-order valence-corrected chi connectivity index (χ3v) is 6.03. The van der Waals surface area contributed by atoms with E-state index in [4.69, 9.17) is 9.47 Å². The molecule has 1 fully saturated rings. The molecule has 4 unspecified atom stereocenters. The molecule has 0 bridgehead atoms. The van der Waals surface area contributed by atoms with Gasteiger partial charge in [-0.05, 0) is 37.3 Å². The highest BCUT2D eigenvalue weighted by atomic mass is 16.5. The number of anilines is 1. The minimum atomic E-state index is -0.605. The average molecular weight is 402 g/mol. The second-order valence-corrected chi connectivity index (χ2v) is 8.07. The summed E-state index contributed by atoms with van der Waals surface area (Å²) in [5, 5.41) is 2.99. The number of benzene rings is 1. The SMILES string of the molecule is CC1Oc2ccccc2N(CCC(=O)OCC(=O)NC2CCCC(C)C2C)C1=O. The van der Waals surface area contributed by atoms with Crippen LogP contribution in [-0.4, -0.2) is 43.1 Å². The Kier molecular flexibility index (Phi) is 6.77. The largest absolute Gasteiger partial charge is 0.479 e. The van der Waals surface area contributed by atoms with Crippen LogP contribution in [0.4, 0.5) is 5.69 Å². The van der Waals surface area contributed by atoms with Gasteiger partial charge in [-0.2, -0.15) is 0 Å². The zero-order valence-corrected chi connectivity index (χ0v) is 17.3. The Morgan fingerprint density at radius 2 is 1.97 bits per heavy atom. The van der Waals surface area contributed by atoms with Gasteiger partial charge in [-0.15, -0.1) is 0 Å². The van der Waals surface area contributed by atoms with Gasteiger partial charge in [0.2, 0.25) is 0 Å². The molecule has 4 atom stereocenters. The number of hydrogen-bond acceptors (Lipinski definition) is 5. The van der Waals surface area contributed by atoms with Gasteiger partial charge < -0.3 is 19.7 Å². The molecule has 0 aromatic heterocycles. The van der Waals surface area contributed by atoms with E-state index in [0.717, 1.165) is 12.8 Å². The molecule has 2 aliphatic rings. The summed E-state index contributed by atoms with van der Waals surface area (Å²) in [6.45, 7) is 5.93. The number of rotatable bonds is 6. The van der Waals surface area contributed by atoms with E-state index in [1.165, 1.54) is 11.3 Å². The van der Waals surface area contributed by atoms with Gasteiger partial charge in [0.05, 0.1) is 12.1 Å². The molecule has 7 heteroatoms. The predicted molar refractivity (Wildman–Crippen MR) is 109 cm³/mol. The second kappa shape index (κ2) is 9.29. The number of amides is 2. The first-order valence-corrected chi connectivity index (χ1v) is 10.4. The molecular weight excluding hydrogens is 372 g/mol. The summed E-state index contributed by atoms with van der Waals surface area (Å²) >= 11 is 0. The number of hydrogen-bond donors (Lipinski definition) is 1. The fourth-order valence-corrected chi connectivity index (χ4v) is 4.04. The predicted octanol–water partition coefficient (Wildman–Crippen LogP) is 2.67. The van der Waals surface area contributed by atoms with Crippen molar-refractivity contribution in [2.75, 3.05) is 18.1 Å². The Morgan fingerprint density at radius 3 is 2.76 bits per heavy atom. The highest BCUT2D eigenvalue weighted by Crippen LogP contribution is 2.33. The van der Waals surface area contributed by atoms with Crippen LogP contribution in [0.15, 0.2) is 24.3 Å². The van der Waals surface area contributed by atoms with Crippen molar-refractivity contribution in [3.63, 3.8) is 0 Å². The second-order valence-electron chi connectivity index (χ2n) is 8.07. The molecule has 158 valence electrons. The highest BCUT2D eigenvalue weighted by Gasteiger charge is 2.32. The number of nitrogens with zero attached hydrogens (tertiary/aromatic N) is 1. The maximum absolute atomic E-state index is 12.4. The molecule has 1 N–H and O–H groups in total. The van der Waals surface area contributed by atoms with E-state index in [0.29, 0.717) is 23.3 Å². The number of ether oxygens (including phenoxy) is 2. The monoisotopic (exact) mass is 402 g/mol. The van der Waals surface area contributed by atoms with Crippen LogP contribution in [0.25, 0.3) is 0 Å². The van der Waals surface area contributed by atoms with E-state index in [1.54, 1.807) is 19.1 Å². The molecule has 7 nitrogen and oxygen atoms in total. The average Bonchev–Trinajstić information content (AvgIpc) is 2.70. The lowest BCUT2D eigenvalue weighted by Gasteiger charge is -2.34. The Labute approximate surface area is 171 Å². The van der Waals surface area contributed by atoms with E-state index in [9.17, 15) is 14.4 Å². The van der Waals surface area contributed by atoms with Gasteiger partial charge in [-0.25, -0.2) is 0 Å². The Balaban J connectivity index is 1.46. The van der Waals surface area contributed by atoms with Crippen LogP contribution in [0.1, 0.15) is 46.5 Å². The molecule has 0 radical (unpaired) electrons. The molecule has 29 heavy (non-hydrogen) atoms. The van der Waals surface area contributed by atoms with E-state index in [-0.39, 0.29) is 37.4 Å². The minimum absolute atomic E-state index is 0.0109. The van der Waals surface area contributed by atoms with Gasteiger partial charge in [0.1, 0.15) is 5.75 Å². The Hall–Kier alpha value is -2.57. The number of carbonyl (C=O) groups is 3. The van der Waals surface area contributed by atoms with Crippen LogP contribution >= 0.6 is 0 Å². The van der Waals surface area contributed by atoms with E-state index in [2.05, 4.69) is 19.2 Å². The standard InChI is InChI=1S/C22H30N2O5/c1-14-7-6-8-17(15(14)2)23-20(25)13-28-21(26)11-12-24-18-9-4-5-10-19(18)29-16(3)22(24)27/h4-5,9-10,14-17H,6-8,11-13H2,1-3H3,(H,23,25). The molecule has 1 saturated carbocycles. The van der Waals surface area contributed by atoms with Crippen molar-refractivity contribution in [2.24, 2.45) is 11.8 Å². The van der Waals surface area contributed by atoms with E-state index < -0.39 is 12.1 Å². The molecule has 1 aliphatic carbocycles. The normalized spacial score (nSPS) is 26.3. The van der Waals surface area contributed by atoms with Crippen molar-refractivity contribution in [1.29, 1.82) is 0 Å². The summed E-state index contributed by atoms with van der Waals surface area (Å²) in [5.74, 6) is 0.629. The van der Waals surface area contributed by atoms with Crippen LogP contribution in [-0.2, 0) is 19.1 Å². The summed E-state index contributed by atoms with van der Waals surface area (Å²) in [5.41, 5.74) is 0.640. The van der Waals surface area contributed by atoms with Crippen molar-refractivity contribution in [2.45, 2.75) is 58.6 Å². The van der Waals surface area contributed by atoms with Crippen LogP contribution < -0.4 is 15.0 Å². The van der Waals surface area contributed by atoms with E-state index in [1.807, 2.05) is 12.1 Å². The maximum atomic E-state index is 12.4. The first-order valence-electron chi connectivity index (χ1n) is 10.4. The molecule has 1 aromatic carbocycles. The van der Waals surface area contributed by atoms with Gasteiger partial charge in [-0.3, -0.25) is 14.4 Å². The molecule has 1 aromatic rings. The Morgan fingerprint density at radius 1 is 1.21 bits per heavy atom. The lowest BCUT2D eigenvalue weighted by molar-refractivity contribution is -0.148. The topological polar surface area (TPSA) is 84.9 Å². The quantitative estimate of drug-likeness (QED) is 0.740. The molecule has 2 amide bonds. The Bertz CT molecular complexity index is 765. The number of esters is 1. The first kappa shape index (κ1) is 21.1. The van der Waals surface area contributed by atoms with Crippen LogP contribution in [0, 0.1) is 11.8 Å². The highest BCUT2D eigenvalue weighted by molar-refractivity contribution is 6.00. The number of para-hydroxylation sites is 2. The van der Waals surface area contributed by atoms with Crippen molar-refractivity contribution in [3.8, 4) is 5.75 Å². The first-order chi connectivity index (χ1) is 13.9. The summed E-state index contributed by atoms with van der Waals surface area (Å²) in [6.07, 6.45) is 2.65. The molecular formula is C22H30N2O5. The lowest BCUT2D eigenvalue weighted by Crippen LogP contribution is -2.46. The van der Waals surface area contributed by atoms with Gasteiger partial charge in [0.15, 0.2) is 12.7 Å². The third kappa shape index (κ3) is 5.08. The summed E-state index contributed by atoms with van der Waals surface area (Å²) in [6, 6.07) is 7.36. The van der Waals surface area contributed by atoms with Crippen molar-refractivity contribution in [3.05, 3.63) is 24.3 Å². The molecule has 0 spiro atoms. The van der Waals surface area contributed by atoms with Crippen LogP contribution in [0.3, 0.4) is 0 Å².